The van der Waals surface area contributed by atoms with Crippen molar-refractivity contribution in [2.45, 2.75) is 0 Å². The Morgan fingerprint density at radius 3 is 2.45 bits per heavy atom. The number of nitrogens with one attached hydrogen (secondary N) is 1. The van der Waals surface area contributed by atoms with Crippen LogP contribution in [-0.2, 0) is 0 Å². The number of aromatic nitrogens is 2. The largest absolute Gasteiger partial charge is 0.368 e. The Morgan fingerprint density at radius 1 is 0.909 bits per heavy atom. The van der Waals surface area contributed by atoms with Crippen molar-refractivity contribution in [3.63, 3.8) is 0 Å². The first-order chi connectivity index (χ1) is 9.90. The standard InChI is InChI=1S/C16H14N4.2ClH/c1-2-4-12(5-3-1)14-11-20-10-13(6-7-15(20)19-14)16-17-8-9-18-16;;/h1-7,10-11H,8-9H2,(H,17,18);2*1H. The lowest BCUT2D eigenvalue weighted by Gasteiger charge is -2.02. The second-order valence-electron chi connectivity index (χ2n) is 4.83. The van der Waals surface area contributed by atoms with E-state index in [2.05, 4.69) is 50.3 Å². The van der Waals surface area contributed by atoms with E-state index in [9.17, 15) is 0 Å². The third kappa shape index (κ3) is 2.93. The summed E-state index contributed by atoms with van der Waals surface area (Å²) in [5, 5.41) is 3.29. The summed E-state index contributed by atoms with van der Waals surface area (Å²) in [5.74, 6) is 0.974. The number of hydrogen-bond acceptors (Lipinski definition) is 3. The van der Waals surface area contributed by atoms with E-state index in [1.54, 1.807) is 0 Å². The number of nitrogens with zero attached hydrogens (tertiary/aromatic N) is 3. The van der Waals surface area contributed by atoms with Crippen LogP contribution in [0.1, 0.15) is 5.56 Å². The first-order valence-corrected chi connectivity index (χ1v) is 6.73. The van der Waals surface area contributed by atoms with E-state index in [0.29, 0.717) is 0 Å². The Hall–Kier alpha value is -2.04. The van der Waals surface area contributed by atoms with Crippen molar-refractivity contribution in [1.82, 2.24) is 14.7 Å². The van der Waals surface area contributed by atoms with E-state index in [0.717, 1.165) is 41.4 Å². The van der Waals surface area contributed by atoms with Crippen LogP contribution < -0.4 is 5.32 Å². The van der Waals surface area contributed by atoms with Gasteiger partial charge in [0.15, 0.2) is 0 Å². The van der Waals surface area contributed by atoms with E-state index in [4.69, 9.17) is 0 Å². The SMILES string of the molecule is Cl.Cl.c1ccc(-c2cn3cc(C4=NCCN4)ccc3n2)cc1. The Kier molecular flexibility index (Phi) is 5.06. The average molecular weight is 335 g/mol. The van der Waals surface area contributed by atoms with Gasteiger partial charge in [0.25, 0.3) is 0 Å². The number of hydrogen-bond donors (Lipinski definition) is 1. The molecule has 0 spiro atoms. The maximum absolute atomic E-state index is 4.65. The monoisotopic (exact) mass is 334 g/mol. The molecule has 22 heavy (non-hydrogen) atoms. The molecule has 6 heteroatoms. The summed E-state index contributed by atoms with van der Waals surface area (Å²) in [4.78, 5) is 9.10. The number of benzene rings is 1. The van der Waals surface area contributed by atoms with Crippen LogP contribution in [0.5, 0.6) is 0 Å². The Bertz CT molecular complexity index is 796. The number of amidine groups is 1. The van der Waals surface area contributed by atoms with E-state index >= 15 is 0 Å². The van der Waals surface area contributed by atoms with Crippen molar-refractivity contribution in [1.29, 1.82) is 0 Å². The lowest BCUT2D eigenvalue weighted by molar-refractivity contribution is 0.959. The predicted molar refractivity (Wildman–Crippen MR) is 94.5 cm³/mol. The van der Waals surface area contributed by atoms with Gasteiger partial charge in [-0.3, -0.25) is 4.99 Å². The quantitative estimate of drug-likeness (QED) is 0.781. The van der Waals surface area contributed by atoms with E-state index in [-0.39, 0.29) is 24.8 Å². The number of imidazole rings is 1. The highest BCUT2D eigenvalue weighted by Gasteiger charge is 2.10. The fourth-order valence-electron chi connectivity index (χ4n) is 2.47. The van der Waals surface area contributed by atoms with E-state index in [1.807, 2.05) is 24.3 Å². The van der Waals surface area contributed by atoms with Gasteiger partial charge in [-0.2, -0.15) is 0 Å². The van der Waals surface area contributed by atoms with Gasteiger partial charge in [-0.25, -0.2) is 4.98 Å². The summed E-state index contributed by atoms with van der Waals surface area (Å²) in [5.41, 5.74) is 4.18. The van der Waals surface area contributed by atoms with Gasteiger partial charge < -0.3 is 9.72 Å². The second-order valence-corrected chi connectivity index (χ2v) is 4.83. The van der Waals surface area contributed by atoms with Crippen molar-refractivity contribution < 1.29 is 0 Å². The zero-order valence-electron chi connectivity index (χ0n) is 11.8. The van der Waals surface area contributed by atoms with Crippen LogP contribution >= 0.6 is 24.8 Å². The number of halogens is 2. The zero-order chi connectivity index (χ0) is 13.4. The van der Waals surface area contributed by atoms with Gasteiger partial charge in [0.1, 0.15) is 11.5 Å². The molecule has 3 heterocycles. The number of pyridine rings is 1. The van der Waals surface area contributed by atoms with E-state index in [1.165, 1.54) is 0 Å². The minimum absolute atomic E-state index is 0. The summed E-state index contributed by atoms with van der Waals surface area (Å²) < 4.78 is 2.06. The molecule has 1 N–H and O–H groups in total. The number of rotatable bonds is 2. The molecule has 4 rings (SSSR count). The molecule has 0 amide bonds. The minimum atomic E-state index is 0. The molecule has 4 nitrogen and oxygen atoms in total. The molecule has 1 aliphatic heterocycles. The minimum Gasteiger partial charge on any atom is -0.368 e. The predicted octanol–water partition coefficient (Wildman–Crippen LogP) is 3.19. The highest BCUT2D eigenvalue weighted by atomic mass is 35.5. The molecule has 114 valence electrons. The van der Waals surface area contributed by atoms with Crippen LogP contribution in [0, 0.1) is 0 Å². The van der Waals surface area contributed by atoms with Crippen LogP contribution in [0.25, 0.3) is 16.9 Å². The first-order valence-electron chi connectivity index (χ1n) is 6.73. The molecule has 1 aromatic carbocycles. The molecular formula is C16H16Cl2N4. The molecule has 2 aromatic heterocycles. The van der Waals surface area contributed by atoms with Gasteiger partial charge in [-0.1, -0.05) is 30.3 Å². The molecule has 0 saturated heterocycles. The maximum Gasteiger partial charge on any atom is 0.137 e. The molecule has 1 aliphatic rings. The Labute approximate surface area is 141 Å². The molecule has 0 saturated carbocycles. The molecule has 0 bridgehead atoms. The van der Waals surface area contributed by atoms with Gasteiger partial charge >= 0.3 is 0 Å². The smallest absolute Gasteiger partial charge is 0.137 e. The maximum atomic E-state index is 4.65. The normalized spacial score (nSPS) is 13.0. The van der Waals surface area contributed by atoms with Crippen LogP contribution in [0.4, 0.5) is 0 Å². The van der Waals surface area contributed by atoms with Gasteiger partial charge in [0, 0.05) is 30.1 Å². The number of fused-ring (bicyclic) bond motifs is 1. The summed E-state index contributed by atoms with van der Waals surface area (Å²) in [6.07, 6.45) is 4.13. The van der Waals surface area contributed by atoms with Crippen LogP contribution in [0.15, 0.2) is 59.9 Å². The van der Waals surface area contributed by atoms with Crippen LogP contribution in [0.3, 0.4) is 0 Å². The topological polar surface area (TPSA) is 41.7 Å². The van der Waals surface area contributed by atoms with Crippen molar-refractivity contribution in [2.75, 3.05) is 13.1 Å². The van der Waals surface area contributed by atoms with Gasteiger partial charge in [-0.05, 0) is 12.1 Å². The van der Waals surface area contributed by atoms with E-state index < -0.39 is 0 Å². The lowest BCUT2D eigenvalue weighted by atomic mass is 10.2. The molecule has 3 aromatic rings. The van der Waals surface area contributed by atoms with Crippen molar-refractivity contribution in [2.24, 2.45) is 4.99 Å². The Balaban J connectivity index is 0.000000882. The molecule has 0 atom stereocenters. The zero-order valence-corrected chi connectivity index (χ0v) is 13.4. The van der Waals surface area contributed by atoms with Crippen LogP contribution in [-0.4, -0.2) is 28.3 Å². The average Bonchev–Trinajstić information content (AvgIpc) is 3.16. The first kappa shape index (κ1) is 16.3. The Morgan fingerprint density at radius 2 is 1.73 bits per heavy atom. The van der Waals surface area contributed by atoms with Gasteiger partial charge in [-0.15, -0.1) is 24.8 Å². The molecule has 0 radical (unpaired) electrons. The lowest BCUT2D eigenvalue weighted by Crippen LogP contribution is -2.19. The third-order valence-corrected chi connectivity index (χ3v) is 3.47. The fraction of sp³-hybridized carbons (Fsp3) is 0.125. The van der Waals surface area contributed by atoms with Crippen molar-refractivity contribution >= 4 is 36.3 Å². The number of aliphatic imine (C=N–C) groups is 1. The molecule has 0 unspecified atom stereocenters. The second kappa shape index (κ2) is 6.81. The molecule has 0 aliphatic carbocycles. The molecular weight excluding hydrogens is 319 g/mol. The highest BCUT2D eigenvalue weighted by molar-refractivity contribution is 5.99. The van der Waals surface area contributed by atoms with Gasteiger partial charge in [0.05, 0.1) is 12.2 Å². The van der Waals surface area contributed by atoms with Crippen LogP contribution in [0.2, 0.25) is 0 Å². The summed E-state index contributed by atoms with van der Waals surface area (Å²) >= 11 is 0. The van der Waals surface area contributed by atoms with Crippen molar-refractivity contribution in [3.05, 3.63) is 60.4 Å². The molecule has 0 fully saturated rings. The fourth-order valence-corrected chi connectivity index (χ4v) is 2.47. The highest BCUT2D eigenvalue weighted by Crippen LogP contribution is 2.19. The van der Waals surface area contributed by atoms with Gasteiger partial charge in [0.2, 0.25) is 0 Å². The summed E-state index contributed by atoms with van der Waals surface area (Å²) in [6, 6.07) is 14.3. The third-order valence-electron chi connectivity index (χ3n) is 3.47. The summed E-state index contributed by atoms with van der Waals surface area (Å²) in [7, 11) is 0. The van der Waals surface area contributed by atoms with Crippen molar-refractivity contribution in [3.8, 4) is 11.3 Å². The summed E-state index contributed by atoms with van der Waals surface area (Å²) in [6.45, 7) is 1.78.